The van der Waals surface area contributed by atoms with E-state index in [4.69, 9.17) is 4.74 Å². The van der Waals surface area contributed by atoms with E-state index in [1.165, 1.54) is 0 Å². The van der Waals surface area contributed by atoms with Crippen molar-refractivity contribution in [2.24, 2.45) is 0 Å². The summed E-state index contributed by atoms with van der Waals surface area (Å²) in [5, 5.41) is 3.19. The van der Waals surface area contributed by atoms with E-state index in [-0.39, 0.29) is 17.9 Å². The van der Waals surface area contributed by atoms with Crippen molar-refractivity contribution in [3.63, 3.8) is 0 Å². The molecule has 0 saturated carbocycles. The number of nitrogens with zero attached hydrogens (tertiary/aromatic N) is 2. The minimum atomic E-state index is -0.544. The number of rotatable bonds is 2. The van der Waals surface area contributed by atoms with Gasteiger partial charge in [0.05, 0.1) is 6.67 Å². The van der Waals surface area contributed by atoms with Crippen LogP contribution in [0.1, 0.15) is 20.8 Å². The number of fused-ring (bicyclic) bond motifs is 1. The molecule has 2 atom stereocenters. The van der Waals surface area contributed by atoms with E-state index in [0.29, 0.717) is 19.8 Å². The Morgan fingerprint density at radius 1 is 1.33 bits per heavy atom. The second kappa shape index (κ2) is 6.46. The van der Waals surface area contributed by atoms with E-state index < -0.39 is 11.6 Å². The van der Waals surface area contributed by atoms with Crippen LogP contribution in [0.4, 0.5) is 5.69 Å². The fourth-order valence-corrected chi connectivity index (χ4v) is 3.48. The van der Waals surface area contributed by atoms with E-state index in [1.54, 1.807) is 4.90 Å². The van der Waals surface area contributed by atoms with Gasteiger partial charge >= 0.3 is 5.97 Å². The van der Waals surface area contributed by atoms with E-state index in [1.807, 2.05) is 49.9 Å². The molecule has 6 nitrogen and oxygen atoms in total. The van der Waals surface area contributed by atoms with E-state index in [9.17, 15) is 9.59 Å². The van der Waals surface area contributed by atoms with Crippen LogP contribution in [0.15, 0.2) is 28.7 Å². The molecule has 2 aliphatic heterocycles. The van der Waals surface area contributed by atoms with Crippen LogP contribution in [0, 0.1) is 0 Å². The number of carbonyl (C=O) groups is 2. The van der Waals surface area contributed by atoms with Gasteiger partial charge in [-0.25, -0.2) is 0 Å². The van der Waals surface area contributed by atoms with Gasteiger partial charge in [-0.2, -0.15) is 0 Å². The standard InChI is InChI=1S/C17H22BrN3O3/c1-17(2,3)24-16(23)14-9-19-8-13-15(22)20(10-21(13)14)12-6-4-5-11(18)7-12/h4-7,13-14,19H,8-10H2,1-3H3. The molecular formula is C17H22BrN3O3. The third kappa shape index (κ3) is 3.48. The maximum absolute atomic E-state index is 12.8. The molecule has 2 fully saturated rings. The smallest absolute Gasteiger partial charge is 0.325 e. The Labute approximate surface area is 150 Å². The maximum Gasteiger partial charge on any atom is 0.325 e. The van der Waals surface area contributed by atoms with Crippen molar-refractivity contribution in [1.82, 2.24) is 10.2 Å². The Hall–Kier alpha value is -1.44. The molecule has 1 amide bonds. The number of ether oxygens (including phenoxy) is 1. The Bertz CT molecular complexity index is 659. The van der Waals surface area contributed by atoms with Crippen LogP contribution in [0.5, 0.6) is 0 Å². The second-order valence-electron chi connectivity index (χ2n) is 7.13. The molecule has 0 aromatic heterocycles. The number of carbonyl (C=O) groups excluding carboxylic acids is 2. The number of hydrogen-bond donors (Lipinski definition) is 1. The fourth-order valence-electron chi connectivity index (χ4n) is 3.09. The number of piperazine rings is 1. The van der Waals surface area contributed by atoms with Crippen molar-refractivity contribution < 1.29 is 14.3 Å². The minimum Gasteiger partial charge on any atom is -0.459 e. The highest BCUT2D eigenvalue weighted by molar-refractivity contribution is 9.10. The van der Waals surface area contributed by atoms with Gasteiger partial charge in [-0.3, -0.25) is 19.4 Å². The summed E-state index contributed by atoms with van der Waals surface area (Å²) in [7, 11) is 0. The molecule has 2 saturated heterocycles. The van der Waals surface area contributed by atoms with Crippen molar-refractivity contribution in [3.8, 4) is 0 Å². The number of nitrogens with one attached hydrogen (secondary N) is 1. The van der Waals surface area contributed by atoms with Gasteiger partial charge in [0.25, 0.3) is 0 Å². The highest BCUT2D eigenvalue weighted by Gasteiger charge is 2.47. The Morgan fingerprint density at radius 3 is 2.75 bits per heavy atom. The molecule has 1 aromatic rings. The highest BCUT2D eigenvalue weighted by atomic mass is 79.9. The predicted molar refractivity (Wildman–Crippen MR) is 94.6 cm³/mol. The topological polar surface area (TPSA) is 61.9 Å². The lowest BCUT2D eigenvalue weighted by atomic mass is 10.1. The summed E-state index contributed by atoms with van der Waals surface area (Å²) >= 11 is 3.44. The van der Waals surface area contributed by atoms with E-state index in [2.05, 4.69) is 21.2 Å². The highest BCUT2D eigenvalue weighted by Crippen LogP contribution is 2.28. The molecule has 2 unspecified atom stereocenters. The van der Waals surface area contributed by atoms with Crippen LogP contribution >= 0.6 is 15.9 Å². The average molecular weight is 396 g/mol. The van der Waals surface area contributed by atoms with Gasteiger partial charge in [-0.05, 0) is 39.0 Å². The fraction of sp³-hybridized carbons (Fsp3) is 0.529. The number of halogens is 1. The minimum absolute atomic E-state index is 0.00820. The third-order valence-corrected chi connectivity index (χ3v) is 4.62. The number of esters is 1. The second-order valence-corrected chi connectivity index (χ2v) is 8.04. The monoisotopic (exact) mass is 395 g/mol. The molecule has 7 heteroatoms. The number of benzene rings is 1. The van der Waals surface area contributed by atoms with Crippen molar-refractivity contribution in [3.05, 3.63) is 28.7 Å². The summed E-state index contributed by atoms with van der Waals surface area (Å²) in [6.45, 7) is 6.98. The largest absolute Gasteiger partial charge is 0.459 e. The summed E-state index contributed by atoms with van der Waals surface area (Å²) in [4.78, 5) is 29.0. The van der Waals surface area contributed by atoms with E-state index in [0.717, 1.165) is 10.2 Å². The predicted octanol–water partition coefficient (Wildman–Crippen LogP) is 1.74. The molecule has 2 aliphatic rings. The zero-order valence-electron chi connectivity index (χ0n) is 14.1. The first-order chi connectivity index (χ1) is 11.3. The molecule has 24 heavy (non-hydrogen) atoms. The summed E-state index contributed by atoms with van der Waals surface area (Å²) < 4.78 is 6.44. The van der Waals surface area contributed by atoms with Gasteiger partial charge < -0.3 is 10.1 Å². The summed E-state index contributed by atoms with van der Waals surface area (Å²) in [6, 6.07) is 6.83. The van der Waals surface area contributed by atoms with Crippen LogP contribution in [0.25, 0.3) is 0 Å². The van der Waals surface area contributed by atoms with Crippen molar-refractivity contribution in [2.75, 3.05) is 24.7 Å². The summed E-state index contributed by atoms with van der Waals surface area (Å²) in [6.07, 6.45) is 0. The van der Waals surface area contributed by atoms with Crippen LogP contribution in [0.3, 0.4) is 0 Å². The summed E-state index contributed by atoms with van der Waals surface area (Å²) in [5.74, 6) is -0.280. The molecule has 0 radical (unpaired) electrons. The summed E-state index contributed by atoms with van der Waals surface area (Å²) in [5.41, 5.74) is 0.282. The third-order valence-electron chi connectivity index (χ3n) is 4.13. The van der Waals surface area contributed by atoms with Crippen molar-refractivity contribution in [1.29, 1.82) is 0 Å². The normalized spacial score (nSPS) is 24.8. The van der Waals surface area contributed by atoms with Gasteiger partial charge in [0.2, 0.25) is 5.91 Å². The zero-order chi connectivity index (χ0) is 17.5. The van der Waals surface area contributed by atoms with Crippen LogP contribution in [-0.4, -0.2) is 54.2 Å². The Morgan fingerprint density at radius 2 is 2.08 bits per heavy atom. The number of amides is 1. The molecule has 0 bridgehead atoms. The molecule has 0 spiro atoms. The maximum atomic E-state index is 12.8. The molecular weight excluding hydrogens is 374 g/mol. The van der Waals surface area contributed by atoms with Gasteiger partial charge in [-0.15, -0.1) is 0 Å². The van der Waals surface area contributed by atoms with Crippen LogP contribution < -0.4 is 10.2 Å². The molecule has 2 heterocycles. The Kier molecular flexibility index (Phi) is 4.68. The quantitative estimate of drug-likeness (QED) is 0.772. The van der Waals surface area contributed by atoms with Gasteiger partial charge in [0.15, 0.2) is 0 Å². The van der Waals surface area contributed by atoms with Gasteiger partial charge in [0.1, 0.15) is 17.7 Å². The SMILES string of the molecule is CC(C)(C)OC(=O)C1CNCC2C(=O)N(c3cccc(Br)c3)CN12. The van der Waals surface area contributed by atoms with Gasteiger partial charge in [0, 0.05) is 23.2 Å². The lowest BCUT2D eigenvalue weighted by molar-refractivity contribution is -0.162. The Balaban J connectivity index is 1.82. The van der Waals surface area contributed by atoms with Crippen LogP contribution in [-0.2, 0) is 14.3 Å². The molecule has 1 N–H and O–H groups in total. The first kappa shape index (κ1) is 17.4. The molecule has 130 valence electrons. The molecule has 3 rings (SSSR count). The van der Waals surface area contributed by atoms with Crippen LogP contribution in [0.2, 0.25) is 0 Å². The van der Waals surface area contributed by atoms with Crippen molar-refractivity contribution in [2.45, 2.75) is 38.5 Å². The van der Waals surface area contributed by atoms with E-state index >= 15 is 0 Å². The zero-order valence-corrected chi connectivity index (χ0v) is 15.7. The number of hydrogen-bond acceptors (Lipinski definition) is 5. The molecule has 0 aliphatic carbocycles. The lowest BCUT2D eigenvalue weighted by Crippen LogP contribution is -2.60. The first-order valence-electron chi connectivity index (χ1n) is 8.02. The average Bonchev–Trinajstić information content (AvgIpc) is 2.83. The molecule has 1 aromatic carbocycles. The lowest BCUT2D eigenvalue weighted by Gasteiger charge is -2.35. The van der Waals surface area contributed by atoms with Gasteiger partial charge in [-0.1, -0.05) is 22.0 Å². The van der Waals surface area contributed by atoms with Crippen molar-refractivity contribution >= 4 is 33.5 Å². The first-order valence-corrected chi connectivity index (χ1v) is 8.82. The number of anilines is 1.